The summed E-state index contributed by atoms with van der Waals surface area (Å²) in [5, 5.41) is 0. The summed E-state index contributed by atoms with van der Waals surface area (Å²) in [5.41, 5.74) is 3.74. The predicted molar refractivity (Wildman–Crippen MR) is 108 cm³/mol. The summed E-state index contributed by atoms with van der Waals surface area (Å²) < 4.78 is 39.1. The summed E-state index contributed by atoms with van der Waals surface area (Å²) in [6, 6.07) is 7.46. The zero-order valence-corrected chi connectivity index (χ0v) is 17.0. The first kappa shape index (κ1) is 20.9. The van der Waals surface area contributed by atoms with Gasteiger partial charge in [-0.2, -0.15) is 13.2 Å². The number of carbonyl (C=O) groups excluding carboxylic acids is 1. The highest BCUT2D eigenvalue weighted by Gasteiger charge is 2.32. The Hall–Kier alpha value is -2.83. The van der Waals surface area contributed by atoms with Crippen molar-refractivity contribution in [3.8, 4) is 0 Å². The molecule has 0 saturated carbocycles. The summed E-state index contributed by atoms with van der Waals surface area (Å²) in [4.78, 5) is 21.0. The van der Waals surface area contributed by atoms with Gasteiger partial charge in [0.2, 0.25) is 0 Å². The molecule has 0 radical (unpaired) electrons. The van der Waals surface area contributed by atoms with Gasteiger partial charge in [0.05, 0.1) is 17.6 Å². The van der Waals surface area contributed by atoms with E-state index in [1.165, 1.54) is 6.07 Å². The lowest BCUT2D eigenvalue weighted by Crippen LogP contribution is -2.36. The molecule has 4 nitrogen and oxygen atoms in total. The molecule has 0 N–H and O–H groups in total. The minimum Gasteiger partial charge on any atom is -0.369 e. The molecule has 2 aromatic rings. The van der Waals surface area contributed by atoms with E-state index < -0.39 is 11.7 Å². The monoisotopic (exact) mass is 403 g/mol. The standard InChI is InChI=1S/C22H24F3N3O/c1-14-10-20(26-13-27(3)4)15(2)9-19(14)21(29)28-8-7-16-5-6-18(22(23,24)25)11-17(16)12-28/h5-6,9-11,13H,7-8,12H2,1-4H3. The first-order valence-corrected chi connectivity index (χ1v) is 9.36. The lowest BCUT2D eigenvalue weighted by atomic mass is 9.95. The van der Waals surface area contributed by atoms with Crippen molar-refractivity contribution in [1.82, 2.24) is 9.80 Å². The number of halogens is 3. The number of amides is 1. The second-order valence-electron chi connectivity index (χ2n) is 7.62. The van der Waals surface area contributed by atoms with Gasteiger partial charge in [-0.15, -0.1) is 0 Å². The van der Waals surface area contributed by atoms with Crippen LogP contribution in [0.25, 0.3) is 0 Å². The summed E-state index contributed by atoms with van der Waals surface area (Å²) in [5.74, 6) is -0.170. The number of nitrogens with zero attached hydrogens (tertiary/aromatic N) is 3. The van der Waals surface area contributed by atoms with Crippen molar-refractivity contribution in [3.05, 3.63) is 63.7 Å². The van der Waals surface area contributed by atoms with Crippen molar-refractivity contribution in [2.75, 3.05) is 20.6 Å². The Morgan fingerprint density at radius 2 is 1.83 bits per heavy atom. The van der Waals surface area contributed by atoms with Crippen molar-refractivity contribution in [2.24, 2.45) is 4.99 Å². The molecule has 1 amide bonds. The topological polar surface area (TPSA) is 35.9 Å². The van der Waals surface area contributed by atoms with Gasteiger partial charge in [-0.1, -0.05) is 6.07 Å². The average Bonchev–Trinajstić information content (AvgIpc) is 2.66. The molecule has 1 aliphatic rings. The molecule has 1 aliphatic heterocycles. The highest BCUT2D eigenvalue weighted by Crippen LogP contribution is 2.33. The summed E-state index contributed by atoms with van der Waals surface area (Å²) in [7, 11) is 3.75. The normalized spacial score (nSPS) is 14.2. The van der Waals surface area contributed by atoms with E-state index in [1.807, 2.05) is 45.0 Å². The number of alkyl halides is 3. The fraction of sp³-hybridized carbons (Fsp3) is 0.364. The minimum atomic E-state index is -4.39. The summed E-state index contributed by atoms with van der Waals surface area (Å²) in [6.07, 6.45) is -2.15. The molecule has 0 unspecified atom stereocenters. The molecular weight excluding hydrogens is 379 g/mol. The molecule has 0 bridgehead atoms. The number of fused-ring (bicyclic) bond motifs is 1. The van der Waals surface area contributed by atoms with Gasteiger partial charge >= 0.3 is 6.18 Å². The van der Waals surface area contributed by atoms with Crippen LogP contribution in [0.5, 0.6) is 0 Å². The summed E-state index contributed by atoms with van der Waals surface area (Å²) in [6.45, 7) is 4.40. The van der Waals surface area contributed by atoms with Crippen LogP contribution in [0, 0.1) is 13.8 Å². The van der Waals surface area contributed by atoms with Crippen molar-refractivity contribution in [1.29, 1.82) is 0 Å². The van der Waals surface area contributed by atoms with Crippen LogP contribution in [0.4, 0.5) is 18.9 Å². The first-order chi connectivity index (χ1) is 13.6. The molecule has 0 aromatic heterocycles. The Labute approximate surface area is 168 Å². The van der Waals surface area contributed by atoms with E-state index >= 15 is 0 Å². The number of carbonyl (C=O) groups is 1. The number of aryl methyl sites for hydroxylation is 2. The minimum absolute atomic E-state index is 0.170. The van der Waals surface area contributed by atoms with Gasteiger partial charge < -0.3 is 9.80 Å². The van der Waals surface area contributed by atoms with Crippen molar-refractivity contribution >= 4 is 17.9 Å². The number of hydrogen-bond acceptors (Lipinski definition) is 2. The van der Waals surface area contributed by atoms with Gasteiger partial charge in [0.25, 0.3) is 5.91 Å². The third kappa shape index (κ3) is 4.60. The number of hydrogen-bond donors (Lipinski definition) is 0. The van der Waals surface area contributed by atoms with Gasteiger partial charge in [0, 0.05) is 32.7 Å². The third-order valence-electron chi connectivity index (χ3n) is 5.03. The highest BCUT2D eigenvalue weighted by atomic mass is 19.4. The third-order valence-corrected chi connectivity index (χ3v) is 5.03. The molecule has 1 heterocycles. The first-order valence-electron chi connectivity index (χ1n) is 9.36. The quantitative estimate of drug-likeness (QED) is 0.548. The fourth-order valence-electron chi connectivity index (χ4n) is 3.43. The largest absolute Gasteiger partial charge is 0.416 e. The lowest BCUT2D eigenvalue weighted by Gasteiger charge is -2.30. The molecule has 3 rings (SSSR count). The van der Waals surface area contributed by atoms with E-state index in [1.54, 1.807) is 11.2 Å². The smallest absolute Gasteiger partial charge is 0.369 e. The van der Waals surface area contributed by atoms with Crippen LogP contribution in [0.3, 0.4) is 0 Å². The van der Waals surface area contributed by atoms with Crippen LogP contribution in [0.15, 0.2) is 35.3 Å². The van der Waals surface area contributed by atoms with Gasteiger partial charge in [-0.3, -0.25) is 4.79 Å². The molecule has 0 spiro atoms. The number of benzene rings is 2. The van der Waals surface area contributed by atoms with Gasteiger partial charge in [-0.25, -0.2) is 4.99 Å². The molecule has 0 saturated heterocycles. The maximum atomic E-state index is 13.1. The van der Waals surface area contributed by atoms with E-state index in [0.717, 1.165) is 34.5 Å². The van der Waals surface area contributed by atoms with E-state index in [4.69, 9.17) is 0 Å². The van der Waals surface area contributed by atoms with Crippen LogP contribution >= 0.6 is 0 Å². The molecule has 2 aromatic carbocycles. The Kier molecular flexibility index (Phi) is 5.68. The van der Waals surface area contributed by atoms with E-state index in [2.05, 4.69) is 4.99 Å². The highest BCUT2D eigenvalue weighted by molar-refractivity contribution is 5.96. The molecule has 0 atom stereocenters. The Morgan fingerprint density at radius 3 is 2.48 bits per heavy atom. The summed E-state index contributed by atoms with van der Waals surface area (Å²) >= 11 is 0. The van der Waals surface area contributed by atoms with Crippen molar-refractivity contribution in [3.63, 3.8) is 0 Å². The fourth-order valence-corrected chi connectivity index (χ4v) is 3.43. The van der Waals surface area contributed by atoms with Crippen molar-refractivity contribution in [2.45, 2.75) is 33.0 Å². The van der Waals surface area contributed by atoms with E-state index in [9.17, 15) is 18.0 Å². The second-order valence-corrected chi connectivity index (χ2v) is 7.62. The molecule has 154 valence electrons. The van der Waals surface area contributed by atoms with Crippen molar-refractivity contribution < 1.29 is 18.0 Å². The maximum Gasteiger partial charge on any atom is 0.416 e. The zero-order valence-electron chi connectivity index (χ0n) is 17.0. The van der Waals surface area contributed by atoms with Crippen LogP contribution < -0.4 is 0 Å². The van der Waals surface area contributed by atoms with Crippen LogP contribution in [-0.2, 0) is 19.1 Å². The Bertz CT molecular complexity index is 965. The zero-order chi connectivity index (χ0) is 21.3. The molecule has 29 heavy (non-hydrogen) atoms. The van der Waals surface area contributed by atoms with Crippen LogP contribution in [0.2, 0.25) is 0 Å². The molecule has 0 aliphatic carbocycles. The average molecular weight is 403 g/mol. The number of rotatable bonds is 3. The number of aliphatic imine (C=N–C) groups is 1. The van der Waals surface area contributed by atoms with Gasteiger partial charge in [0.15, 0.2) is 0 Å². The lowest BCUT2D eigenvalue weighted by molar-refractivity contribution is -0.137. The van der Waals surface area contributed by atoms with Crippen LogP contribution in [-0.4, -0.2) is 42.7 Å². The second kappa shape index (κ2) is 7.89. The van der Waals surface area contributed by atoms with E-state index in [-0.39, 0.29) is 12.5 Å². The molecule has 0 fully saturated rings. The maximum absolute atomic E-state index is 13.1. The van der Waals surface area contributed by atoms with Gasteiger partial charge in [0.1, 0.15) is 0 Å². The van der Waals surface area contributed by atoms with Gasteiger partial charge in [-0.05, 0) is 66.8 Å². The van der Waals surface area contributed by atoms with Crippen LogP contribution in [0.1, 0.15) is 38.2 Å². The molecular formula is C22H24F3N3O. The predicted octanol–water partition coefficient (Wildman–Crippen LogP) is 4.74. The molecule has 7 heteroatoms. The van der Waals surface area contributed by atoms with E-state index in [0.29, 0.717) is 24.1 Å². The Balaban J connectivity index is 1.86. The SMILES string of the molecule is Cc1cc(C(=O)N2CCc3ccc(C(F)(F)F)cc3C2)c(C)cc1N=CN(C)C. The Morgan fingerprint density at radius 1 is 1.10 bits per heavy atom.